The number of ether oxygens (including phenoxy) is 1. The third-order valence-corrected chi connectivity index (χ3v) is 3.36. The Kier molecular flexibility index (Phi) is 8.82. The van der Waals surface area contributed by atoms with Gasteiger partial charge in [0.25, 0.3) is 0 Å². The van der Waals surface area contributed by atoms with Gasteiger partial charge >= 0.3 is 0 Å². The van der Waals surface area contributed by atoms with Crippen LogP contribution < -0.4 is 10.6 Å². The summed E-state index contributed by atoms with van der Waals surface area (Å²) in [4.78, 5) is 13.9. The van der Waals surface area contributed by atoms with Crippen molar-refractivity contribution in [1.82, 2.24) is 10.2 Å². The summed E-state index contributed by atoms with van der Waals surface area (Å²) in [7, 11) is 3.74. The quantitative estimate of drug-likeness (QED) is 0.647. The van der Waals surface area contributed by atoms with E-state index < -0.39 is 0 Å². The topological polar surface area (TPSA) is 53.6 Å². The van der Waals surface area contributed by atoms with Crippen molar-refractivity contribution < 1.29 is 9.53 Å². The van der Waals surface area contributed by atoms with E-state index in [9.17, 15) is 4.79 Å². The fourth-order valence-electron chi connectivity index (χ4n) is 1.78. The van der Waals surface area contributed by atoms with Gasteiger partial charge in [-0.25, -0.2) is 0 Å². The van der Waals surface area contributed by atoms with Crippen molar-refractivity contribution in [1.29, 1.82) is 0 Å². The second-order valence-electron chi connectivity index (χ2n) is 4.83. The van der Waals surface area contributed by atoms with Crippen LogP contribution in [0.15, 0.2) is 24.3 Å². The molecule has 0 spiro atoms. The van der Waals surface area contributed by atoms with Gasteiger partial charge in [-0.15, -0.1) is 0 Å². The summed E-state index contributed by atoms with van der Waals surface area (Å²) in [5.41, 5.74) is 0.772. The molecule has 1 rings (SSSR count). The van der Waals surface area contributed by atoms with E-state index in [2.05, 4.69) is 15.5 Å². The number of anilines is 1. The van der Waals surface area contributed by atoms with Crippen molar-refractivity contribution in [3.8, 4) is 0 Å². The third kappa shape index (κ3) is 7.90. The predicted octanol–water partition coefficient (Wildman–Crippen LogP) is 1.84. The zero-order valence-electron chi connectivity index (χ0n) is 12.7. The number of carbonyl (C=O) groups excluding carboxylic acids is 1. The molecule has 5 nitrogen and oxygen atoms in total. The monoisotopic (exact) mass is 313 g/mol. The molecule has 0 saturated heterocycles. The fraction of sp³-hybridized carbons (Fsp3) is 0.533. The second-order valence-corrected chi connectivity index (χ2v) is 5.24. The SMILES string of the molecule is COCCN(C)CCCNC(=O)CNc1ccccc1Cl. The minimum Gasteiger partial charge on any atom is -0.383 e. The van der Waals surface area contributed by atoms with Gasteiger partial charge in [0.1, 0.15) is 0 Å². The largest absolute Gasteiger partial charge is 0.383 e. The summed E-state index contributed by atoms with van der Waals surface area (Å²) in [5.74, 6) is -0.0329. The van der Waals surface area contributed by atoms with Crippen LogP contribution in [0.3, 0.4) is 0 Å². The van der Waals surface area contributed by atoms with Crippen molar-refractivity contribution in [2.24, 2.45) is 0 Å². The first kappa shape index (κ1) is 17.8. The van der Waals surface area contributed by atoms with Crippen molar-refractivity contribution in [2.45, 2.75) is 6.42 Å². The lowest BCUT2D eigenvalue weighted by Gasteiger charge is -2.16. The van der Waals surface area contributed by atoms with E-state index in [1.54, 1.807) is 13.2 Å². The molecular formula is C15H24ClN3O2. The predicted molar refractivity (Wildman–Crippen MR) is 86.9 cm³/mol. The molecular weight excluding hydrogens is 290 g/mol. The number of para-hydroxylation sites is 1. The van der Waals surface area contributed by atoms with Crippen molar-refractivity contribution in [3.63, 3.8) is 0 Å². The molecule has 0 bridgehead atoms. The highest BCUT2D eigenvalue weighted by Gasteiger charge is 2.03. The average Bonchev–Trinajstić information content (AvgIpc) is 2.48. The molecule has 1 aromatic rings. The Hall–Kier alpha value is -1.30. The number of hydrogen-bond acceptors (Lipinski definition) is 4. The Bertz CT molecular complexity index is 429. The minimum atomic E-state index is -0.0329. The molecule has 0 aromatic heterocycles. The van der Waals surface area contributed by atoms with E-state index in [0.29, 0.717) is 11.6 Å². The van der Waals surface area contributed by atoms with Gasteiger partial charge in [0.2, 0.25) is 5.91 Å². The van der Waals surface area contributed by atoms with Gasteiger partial charge in [0.15, 0.2) is 0 Å². The van der Waals surface area contributed by atoms with E-state index in [-0.39, 0.29) is 12.5 Å². The lowest BCUT2D eigenvalue weighted by Crippen LogP contribution is -2.33. The van der Waals surface area contributed by atoms with Crippen LogP contribution in [0.2, 0.25) is 5.02 Å². The number of likely N-dealkylation sites (N-methyl/N-ethyl adjacent to an activating group) is 1. The normalized spacial score (nSPS) is 10.7. The number of methoxy groups -OCH3 is 1. The summed E-state index contributed by atoms with van der Waals surface area (Å²) < 4.78 is 5.01. The molecule has 1 amide bonds. The van der Waals surface area contributed by atoms with Gasteiger partial charge in [0, 0.05) is 20.2 Å². The molecule has 0 unspecified atom stereocenters. The molecule has 0 aliphatic rings. The Morgan fingerprint density at radius 1 is 1.33 bits per heavy atom. The minimum absolute atomic E-state index is 0.0329. The molecule has 21 heavy (non-hydrogen) atoms. The Balaban J connectivity index is 2.10. The maximum absolute atomic E-state index is 11.7. The van der Waals surface area contributed by atoms with Crippen LogP contribution in [0.5, 0.6) is 0 Å². The zero-order valence-corrected chi connectivity index (χ0v) is 13.4. The van der Waals surface area contributed by atoms with Gasteiger partial charge < -0.3 is 20.3 Å². The lowest BCUT2D eigenvalue weighted by atomic mass is 10.3. The van der Waals surface area contributed by atoms with E-state index >= 15 is 0 Å². The van der Waals surface area contributed by atoms with Crippen LogP contribution in [0.1, 0.15) is 6.42 Å². The number of nitrogens with zero attached hydrogens (tertiary/aromatic N) is 1. The lowest BCUT2D eigenvalue weighted by molar-refractivity contribution is -0.119. The highest BCUT2D eigenvalue weighted by molar-refractivity contribution is 6.33. The van der Waals surface area contributed by atoms with Crippen molar-refractivity contribution in [2.75, 3.05) is 52.3 Å². The van der Waals surface area contributed by atoms with E-state index in [1.165, 1.54) is 0 Å². The number of carbonyl (C=O) groups is 1. The van der Waals surface area contributed by atoms with Gasteiger partial charge in [0.05, 0.1) is 23.9 Å². The van der Waals surface area contributed by atoms with Crippen LogP contribution in [0.25, 0.3) is 0 Å². The van der Waals surface area contributed by atoms with E-state index in [0.717, 1.165) is 31.8 Å². The Morgan fingerprint density at radius 2 is 2.10 bits per heavy atom. The van der Waals surface area contributed by atoms with Crippen LogP contribution in [-0.2, 0) is 9.53 Å². The van der Waals surface area contributed by atoms with E-state index in [4.69, 9.17) is 16.3 Å². The van der Waals surface area contributed by atoms with Gasteiger partial charge in [-0.3, -0.25) is 4.79 Å². The molecule has 0 aliphatic heterocycles. The Morgan fingerprint density at radius 3 is 2.81 bits per heavy atom. The van der Waals surface area contributed by atoms with E-state index in [1.807, 2.05) is 25.2 Å². The zero-order chi connectivity index (χ0) is 15.5. The number of nitrogens with one attached hydrogen (secondary N) is 2. The average molecular weight is 314 g/mol. The van der Waals surface area contributed by atoms with Crippen LogP contribution in [-0.4, -0.2) is 57.8 Å². The highest BCUT2D eigenvalue weighted by Crippen LogP contribution is 2.19. The number of hydrogen-bond donors (Lipinski definition) is 2. The molecule has 118 valence electrons. The van der Waals surface area contributed by atoms with Gasteiger partial charge in [-0.05, 0) is 32.1 Å². The summed E-state index contributed by atoms with van der Waals surface area (Å²) in [6, 6.07) is 7.37. The molecule has 0 saturated carbocycles. The smallest absolute Gasteiger partial charge is 0.239 e. The maximum atomic E-state index is 11.7. The van der Waals surface area contributed by atoms with Gasteiger partial charge in [-0.2, -0.15) is 0 Å². The van der Waals surface area contributed by atoms with Crippen molar-refractivity contribution in [3.05, 3.63) is 29.3 Å². The first-order valence-corrected chi connectivity index (χ1v) is 7.44. The van der Waals surface area contributed by atoms with Gasteiger partial charge in [-0.1, -0.05) is 23.7 Å². The number of amides is 1. The number of halogens is 1. The summed E-state index contributed by atoms with van der Waals surface area (Å²) in [6.45, 7) is 3.45. The van der Waals surface area contributed by atoms with Crippen LogP contribution in [0.4, 0.5) is 5.69 Å². The molecule has 1 aromatic carbocycles. The summed E-state index contributed by atoms with van der Waals surface area (Å²) in [6.07, 6.45) is 0.915. The first-order valence-electron chi connectivity index (χ1n) is 7.06. The highest BCUT2D eigenvalue weighted by atomic mass is 35.5. The third-order valence-electron chi connectivity index (χ3n) is 3.03. The number of benzene rings is 1. The Labute approximate surface area is 131 Å². The van der Waals surface area contributed by atoms with Crippen LogP contribution >= 0.6 is 11.6 Å². The molecule has 0 aliphatic carbocycles. The van der Waals surface area contributed by atoms with Crippen LogP contribution in [0, 0.1) is 0 Å². The first-order chi connectivity index (χ1) is 10.1. The summed E-state index contributed by atoms with van der Waals surface area (Å²) >= 11 is 6.00. The fourth-order valence-corrected chi connectivity index (χ4v) is 1.98. The standard InChI is InChI=1S/C15H24ClN3O2/c1-19(10-11-21-2)9-5-8-17-15(20)12-18-14-7-4-3-6-13(14)16/h3-4,6-7,18H,5,8-12H2,1-2H3,(H,17,20). The molecule has 0 radical (unpaired) electrons. The molecule has 0 atom stereocenters. The molecule has 2 N–H and O–H groups in total. The second kappa shape index (κ2) is 10.4. The molecule has 0 fully saturated rings. The number of rotatable bonds is 10. The summed E-state index contributed by atoms with van der Waals surface area (Å²) in [5, 5.41) is 6.52. The van der Waals surface area contributed by atoms with Crippen molar-refractivity contribution >= 4 is 23.2 Å². The molecule has 0 heterocycles. The molecule has 6 heteroatoms. The maximum Gasteiger partial charge on any atom is 0.239 e.